The fourth-order valence-corrected chi connectivity index (χ4v) is 4.34. The van der Waals surface area contributed by atoms with E-state index in [1.807, 2.05) is 30.3 Å². The van der Waals surface area contributed by atoms with Gasteiger partial charge in [-0.05, 0) is 17.4 Å². The number of carbonyl (C=O) groups is 2. The van der Waals surface area contributed by atoms with Crippen LogP contribution in [-0.4, -0.2) is 68.1 Å². The Hall–Kier alpha value is -2.91. The molecule has 2 heterocycles. The zero-order valence-electron chi connectivity index (χ0n) is 15.4. The van der Waals surface area contributed by atoms with Crippen molar-refractivity contribution < 1.29 is 24.9 Å². The van der Waals surface area contributed by atoms with Gasteiger partial charge in [-0.3, -0.25) is 14.7 Å². The molecular weight excluding hydrogens is 364 g/mol. The summed E-state index contributed by atoms with van der Waals surface area (Å²) >= 11 is 0. The minimum atomic E-state index is -0.833. The van der Waals surface area contributed by atoms with Gasteiger partial charge in [0.05, 0.1) is 6.10 Å². The highest BCUT2D eigenvalue weighted by atomic mass is 16.4. The van der Waals surface area contributed by atoms with Gasteiger partial charge in [0.1, 0.15) is 11.5 Å². The van der Waals surface area contributed by atoms with Crippen molar-refractivity contribution in [2.24, 2.45) is 11.3 Å². The van der Waals surface area contributed by atoms with Crippen LogP contribution in [0, 0.1) is 11.3 Å². The summed E-state index contributed by atoms with van der Waals surface area (Å²) in [5, 5.41) is 34.3. The molecule has 4 rings (SSSR count). The first-order chi connectivity index (χ1) is 13.3. The van der Waals surface area contributed by atoms with E-state index in [1.54, 1.807) is 4.90 Å². The number of benzene rings is 1. The molecule has 1 spiro atoms. The molecule has 1 aliphatic heterocycles. The number of aliphatic hydroxyl groups is 2. The largest absolute Gasteiger partial charge is 0.481 e. The molecule has 6 N–H and O–H groups in total. The van der Waals surface area contributed by atoms with Gasteiger partial charge in [0.15, 0.2) is 0 Å². The number of hydrogen-bond donors (Lipinski definition) is 5. The van der Waals surface area contributed by atoms with E-state index in [9.17, 15) is 15.0 Å². The summed E-state index contributed by atoms with van der Waals surface area (Å²) in [6.07, 6.45) is -0.663. The van der Waals surface area contributed by atoms with Crippen LogP contribution < -0.4 is 5.73 Å². The molecule has 9 heteroatoms. The Morgan fingerprint density at radius 1 is 1.36 bits per heavy atom. The molecule has 0 radical (unpaired) electrons. The van der Waals surface area contributed by atoms with Crippen LogP contribution in [-0.2, 0) is 4.79 Å². The number of H-pyrrole nitrogens is 1. The van der Waals surface area contributed by atoms with Crippen molar-refractivity contribution in [2.45, 2.75) is 18.9 Å². The number of amides is 1. The highest BCUT2D eigenvalue weighted by molar-refractivity contribution is 5.93. The maximum absolute atomic E-state index is 12.6. The second kappa shape index (κ2) is 7.61. The van der Waals surface area contributed by atoms with Gasteiger partial charge in [-0.2, -0.15) is 5.10 Å². The Bertz CT molecular complexity index is 851. The van der Waals surface area contributed by atoms with E-state index in [4.69, 9.17) is 15.6 Å². The normalized spacial score (nSPS) is 28.0. The summed E-state index contributed by atoms with van der Waals surface area (Å²) in [7, 11) is 0. The van der Waals surface area contributed by atoms with Gasteiger partial charge in [0.25, 0.3) is 11.9 Å². The summed E-state index contributed by atoms with van der Waals surface area (Å²) < 4.78 is 0. The van der Waals surface area contributed by atoms with E-state index in [0.717, 1.165) is 12.5 Å². The second-order valence-corrected chi connectivity index (χ2v) is 7.22. The van der Waals surface area contributed by atoms with Crippen molar-refractivity contribution in [2.75, 3.05) is 25.4 Å². The number of aromatic amines is 1. The van der Waals surface area contributed by atoms with Crippen molar-refractivity contribution in [1.29, 1.82) is 0 Å². The first-order valence-corrected chi connectivity index (χ1v) is 8.94. The molecule has 1 aromatic heterocycles. The molecule has 1 amide bonds. The topological polar surface area (TPSA) is 153 Å². The van der Waals surface area contributed by atoms with E-state index in [1.165, 1.54) is 6.07 Å². The van der Waals surface area contributed by atoms with Crippen LogP contribution in [0.3, 0.4) is 0 Å². The van der Waals surface area contributed by atoms with Crippen LogP contribution in [0.15, 0.2) is 36.4 Å². The molecule has 1 saturated heterocycles. The van der Waals surface area contributed by atoms with E-state index < -0.39 is 17.5 Å². The fraction of sp³-hybridized carbons (Fsp3) is 0.421. The van der Waals surface area contributed by atoms with Crippen molar-refractivity contribution in [3.05, 3.63) is 47.7 Å². The van der Waals surface area contributed by atoms with Crippen molar-refractivity contribution in [3.8, 4) is 0 Å². The first kappa shape index (κ1) is 19.8. The summed E-state index contributed by atoms with van der Waals surface area (Å²) in [5.41, 5.74) is 6.49. The summed E-state index contributed by atoms with van der Waals surface area (Å²) in [5.74, 6) is -0.789. The molecular formula is C19H24N4O5. The first-order valence-electron chi connectivity index (χ1n) is 8.94. The number of hydrogen-bond acceptors (Lipinski definition) is 6. The van der Waals surface area contributed by atoms with Gasteiger partial charge in [-0.15, -0.1) is 0 Å². The lowest BCUT2D eigenvalue weighted by Crippen LogP contribution is -2.30. The number of carboxylic acids is 1. The van der Waals surface area contributed by atoms with E-state index in [-0.39, 0.29) is 36.7 Å². The van der Waals surface area contributed by atoms with Crippen LogP contribution >= 0.6 is 0 Å². The lowest BCUT2D eigenvalue weighted by Gasteiger charge is -2.16. The molecule has 2 aliphatic rings. The maximum atomic E-state index is 12.6. The number of likely N-dealkylation sites (tertiary alicyclic amines) is 1. The monoisotopic (exact) mass is 388 g/mol. The minimum absolute atomic E-state index is 0.00431. The molecule has 4 atom stereocenters. The fourth-order valence-electron chi connectivity index (χ4n) is 4.34. The maximum Gasteiger partial charge on any atom is 0.300 e. The van der Waals surface area contributed by atoms with Crippen molar-refractivity contribution in [3.63, 3.8) is 0 Å². The number of aromatic nitrogens is 2. The second-order valence-electron chi connectivity index (χ2n) is 7.22. The van der Waals surface area contributed by atoms with Crippen molar-refractivity contribution in [1.82, 2.24) is 15.1 Å². The van der Waals surface area contributed by atoms with Crippen LogP contribution in [0.1, 0.15) is 28.9 Å². The lowest BCUT2D eigenvalue weighted by atomic mass is 9.95. The zero-order chi connectivity index (χ0) is 20.5. The number of nitrogens with zero attached hydrogens (tertiary/aromatic N) is 2. The molecule has 2 aromatic rings. The van der Waals surface area contributed by atoms with E-state index in [2.05, 4.69) is 10.2 Å². The number of nitrogens with two attached hydrogens (primary N) is 1. The SMILES string of the molecule is CC(=O)O.Nc1cc(C(=O)N2C[C@@H](O)[C@@]3(C2)[C@H](CO)[C@H]3c2ccccc2)[nH]n1. The number of β-amino-alcohol motifs (C(OH)–C–C–N with tert-alkyl or cyclic N) is 1. The van der Waals surface area contributed by atoms with Crippen LogP contribution in [0.2, 0.25) is 0 Å². The molecule has 1 aliphatic carbocycles. The summed E-state index contributed by atoms with van der Waals surface area (Å²) in [6, 6.07) is 11.4. The Morgan fingerprint density at radius 3 is 2.54 bits per heavy atom. The van der Waals surface area contributed by atoms with Crippen molar-refractivity contribution >= 4 is 17.7 Å². The molecule has 0 bridgehead atoms. The predicted molar refractivity (Wildman–Crippen MR) is 100 cm³/mol. The Kier molecular flexibility index (Phi) is 5.39. The minimum Gasteiger partial charge on any atom is -0.481 e. The van der Waals surface area contributed by atoms with Gasteiger partial charge in [0, 0.05) is 38.1 Å². The standard InChI is InChI=1S/C17H20N4O3.C2H4O2/c18-14-6-12(19-20-14)16(24)21-7-13(23)17(9-21)11(8-22)15(17)10-4-2-1-3-5-10;1-2(3)4/h1-6,11,13,15,22-23H,7-9H2,(H3,18,19,20);1H3,(H,3,4)/t11-,13-,15-,17-;/m1./s1. The quantitative estimate of drug-likeness (QED) is 0.506. The number of nitrogens with one attached hydrogen (secondary N) is 1. The average molecular weight is 388 g/mol. The molecule has 28 heavy (non-hydrogen) atoms. The van der Waals surface area contributed by atoms with Crippen LogP contribution in [0.5, 0.6) is 0 Å². The zero-order valence-corrected chi connectivity index (χ0v) is 15.4. The van der Waals surface area contributed by atoms with Gasteiger partial charge < -0.3 is 26.0 Å². The van der Waals surface area contributed by atoms with Crippen LogP contribution in [0.25, 0.3) is 0 Å². The highest BCUT2D eigenvalue weighted by Crippen LogP contribution is 2.68. The third kappa shape index (κ3) is 3.46. The Balaban J connectivity index is 0.000000516. The lowest BCUT2D eigenvalue weighted by molar-refractivity contribution is -0.134. The van der Waals surface area contributed by atoms with E-state index >= 15 is 0 Å². The number of aliphatic carboxylic acids is 1. The number of rotatable bonds is 3. The average Bonchev–Trinajstić information content (AvgIpc) is 2.88. The molecule has 150 valence electrons. The molecule has 0 unspecified atom stereocenters. The van der Waals surface area contributed by atoms with Gasteiger partial charge in [-0.1, -0.05) is 30.3 Å². The Labute approximate surface area is 161 Å². The molecule has 1 aromatic carbocycles. The number of anilines is 1. The molecule has 1 saturated carbocycles. The van der Waals surface area contributed by atoms with Crippen LogP contribution in [0.4, 0.5) is 5.82 Å². The highest BCUT2D eigenvalue weighted by Gasteiger charge is 2.71. The summed E-state index contributed by atoms with van der Waals surface area (Å²) in [4.78, 5) is 23.2. The Morgan fingerprint density at radius 2 is 2.00 bits per heavy atom. The summed E-state index contributed by atoms with van der Waals surface area (Å²) in [6.45, 7) is 1.74. The predicted octanol–water partition coefficient (Wildman–Crippen LogP) is 0.292. The van der Waals surface area contributed by atoms with E-state index in [0.29, 0.717) is 12.2 Å². The smallest absolute Gasteiger partial charge is 0.300 e. The number of carboxylic acid groups (broad SMARTS) is 1. The molecule has 9 nitrogen and oxygen atoms in total. The number of carbonyl (C=O) groups excluding carboxylic acids is 1. The third-order valence-corrected chi connectivity index (χ3v) is 5.51. The van der Waals surface area contributed by atoms with Gasteiger partial charge in [0.2, 0.25) is 0 Å². The number of aliphatic hydroxyl groups excluding tert-OH is 2. The molecule has 2 fully saturated rings. The van der Waals surface area contributed by atoms with Gasteiger partial charge in [-0.25, -0.2) is 0 Å². The van der Waals surface area contributed by atoms with Gasteiger partial charge >= 0.3 is 0 Å². The number of nitrogen functional groups attached to an aromatic ring is 1. The third-order valence-electron chi connectivity index (χ3n) is 5.51.